The normalized spacial score (nSPS) is 21.9. The third kappa shape index (κ3) is 2.66. The quantitative estimate of drug-likeness (QED) is 0.772. The largest absolute Gasteiger partial charge is 0.494 e. The van der Waals surface area contributed by atoms with E-state index in [1.165, 1.54) is 11.1 Å². The van der Waals surface area contributed by atoms with Crippen LogP contribution in [0.5, 0.6) is 0 Å². The number of nitrogens with zero attached hydrogens (tertiary/aromatic N) is 1. The van der Waals surface area contributed by atoms with E-state index in [-0.39, 0.29) is 5.54 Å². The molecular weight excluding hydrogens is 246 g/mol. The summed E-state index contributed by atoms with van der Waals surface area (Å²) < 4.78 is 5.76. The van der Waals surface area contributed by atoms with Gasteiger partial charge in [0.05, 0.1) is 12.1 Å². The van der Waals surface area contributed by atoms with Gasteiger partial charge in [0.15, 0.2) is 0 Å². The molecule has 2 heteroatoms. The summed E-state index contributed by atoms with van der Waals surface area (Å²) in [5.74, 6) is 0.994. The highest BCUT2D eigenvalue weighted by Crippen LogP contribution is 2.42. The highest BCUT2D eigenvalue weighted by atomic mass is 16.5. The molecule has 2 nitrogen and oxygen atoms in total. The summed E-state index contributed by atoms with van der Waals surface area (Å²) in [6.07, 6.45) is 6.71. The van der Waals surface area contributed by atoms with Crippen LogP contribution in [-0.4, -0.2) is 31.1 Å². The molecule has 0 fully saturated rings. The smallest absolute Gasteiger partial charge is 0.117 e. The third-order valence-electron chi connectivity index (χ3n) is 3.96. The third-order valence-corrected chi connectivity index (χ3v) is 3.96. The van der Waals surface area contributed by atoms with E-state index in [9.17, 15) is 0 Å². The Bertz CT molecular complexity index is 501. The molecule has 0 aliphatic heterocycles. The Labute approximate surface area is 122 Å². The van der Waals surface area contributed by atoms with Crippen molar-refractivity contribution in [1.29, 1.82) is 0 Å². The highest BCUT2D eigenvalue weighted by molar-refractivity contribution is 5.80. The molecule has 20 heavy (non-hydrogen) atoms. The lowest BCUT2D eigenvalue weighted by Crippen LogP contribution is -2.42. The second-order valence-corrected chi connectivity index (χ2v) is 5.47. The number of likely N-dealkylation sites (N-methyl/N-ethyl adjacent to an activating group) is 1. The standard InChI is InChI=1S/C18H25NO/c1-5-12-18(19(3)4)14-16(20-6-2)13-17(18)15-10-8-7-9-11-15/h7-11,13-14H,5-6,12H2,1-4H3. The minimum absolute atomic E-state index is 0.0550. The molecule has 2 rings (SSSR count). The molecule has 1 unspecified atom stereocenters. The molecule has 0 saturated heterocycles. The van der Waals surface area contributed by atoms with Gasteiger partial charge in [-0.25, -0.2) is 0 Å². The SMILES string of the molecule is CCCC1(N(C)C)C=C(OCC)C=C1c1ccccc1. The zero-order valence-corrected chi connectivity index (χ0v) is 13.0. The number of benzene rings is 1. The van der Waals surface area contributed by atoms with Crippen LogP contribution < -0.4 is 0 Å². The first-order chi connectivity index (χ1) is 9.64. The van der Waals surface area contributed by atoms with Gasteiger partial charge in [0.1, 0.15) is 5.76 Å². The summed E-state index contributed by atoms with van der Waals surface area (Å²) in [5, 5.41) is 0. The number of hydrogen-bond donors (Lipinski definition) is 0. The number of ether oxygens (including phenoxy) is 1. The predicted molar refractivity (Wildman–Crippen MR) is 85.5 cm³/mol. The van der Waals surface area contributed by atoms with E-state index in [0.717, 1.165) is 18.6 Å². The van der Waals surface area contributed by atoms with Crippen molar-refractivity contribution < 1.29 is 4.74 Å². The second-order valence-electron chi connectivity index (χ2n) is 5.47. The molecule has 0 amide bonds. The summed E-state index contributed by atoms with van der Waals surface area (Å²) in [6.45, 7) is 4.98. The average Bonchev–Trinajstić information content (AvgIpc) is 2.81. The van der Waals surface area contributed by atoms with Crippen molar-refractivity contribution >= 4 is 5.57 Å². The monoisotopic (exact) mass is 271 g/mol. The van der Waals surface area contributed by atoms with Gasteiger partial charge >= 0.3 is 0 Å². The van der Waals surface area contributed by atoms with Crippen molar-refractivity contribution in [2.45, 2.75) is 32.2 Å². The van der Waals surface area contributed by atoms with Crippen LogP contribution >= 0.6 is 0 Å². The van der Waals surface area contributed by atoms with Crippen molar-refractivity contribution in [2.24, 2.45) is 0 Å². The maximum Gasteiger partial charge on any atom is 0.117 e. The molecule has 108 valence electrons. The summed E-state index contributed by atoms with van der Waals surface area (Å²) in [6, 6.07) is 10.6. The van der Waals surface area contributed by atoms with Crippen molar-refractivity contribution in [1.82, 2.24) is 4.90 Å². The first-order valence-electron chi connectivity index (χ1n) is 7.44. The minimum Gasteiger partial charge on any atom is -0.494 e. The van der Waals surface area contributed by atoms with Crippen LogP contribution in [0.2, 0.25) is 0 Å². The average molecular weight is 271 g/mol. The number of hydrogen-bond acceptors (Lipinski definition) is 2. The van der Waals surface area contributed by atoms with E-state index in [1.807, 2.05) is 6.92 Å². The second kappa shape index (κ2) is 6.27. The van der Waals surface area contributed by atoms with Gasteiger partial charge in [-0.1, -0.05) is 43.7 Å². The van der Waals surface area contributed by atoms with Gasteiger partial charge in [-0.05, 0) is 50.7 Å². The van der Waals surface area contributed by atoms with E-state index in [2.05, 4.69) is 68.4 Å². The molecule has 1 aromatic carbocycles. The molecule has 0 saturated carbocycles. The van der Waals surface area contributed by atoms with Crippen LogP contribution in [0.25, 0.3) is 5.57 Å². The molecule has 1 aromatic rings. The lowest BCUT2D eigenvalue weighted by molar-refractivity contribution is 0.227. The summed E-state index contributed by atoms with van der Waals surface area (Å²) in [5.41, 5.74) is 2.56. The number of allylic oxidation sites excluding steroid dienone is 1. The highest BCUT2D eigenvalue weighted by Gasteiger charge is 2.38. The molecule has 0 heterocycles. The fourth-order valence-electron chi connectivity index (χ4n) is 3.00. The van der Waals surface area contributed by atoms with Crippen molar-refractivity contribution in [3.8, 4) is 0 Å². The van der Waals surface area contributed by atoms with Gasteiger partial charge in [-0.2, -0.15) is 0 Å². The molecule has 0 radical (unpaired) electrons. The molecule has 0 aromatic heterocycles. The molecule has 0 N–H and O–H groups in total. The van der Waals surface area contributed by atoms with E-state index in [0.29, 0.717) is 6.61 Å². The summed E-state index contributed by atoms with van der Waals surface area (Å²) in [7, 11) is 4.30. The Kier molecular flexibility index (Phi) is 4.66. The van der Waals surface area contributed by atoms with Crippen LogP contribution in [-0.2, 0) is 4.74 Å². The van der Waals surface area contributed by atoms with Crippen molar-refractivity contribution in [3.63, 3.8) is 0 Å². The first kappa shape index (κ1) is 14.9. The summed E-state index contributed by atoms with van der Waals surface area (Å²) in [4.78, 5) is 2.31. The lowest BCUT2D eigenvalue weighted by Gasteiger charge is -2.37. The summed E-state index contributed by atoms with van der Waals surface area (Å²) >= 11 is 0. The van der Waals surface area contributed by atoms with Gasteiger partial charge < -0.3 is 4.74 Å². The molecule has 0 spiro atoms. The lowest BCUT2D eigenvalue weighted by atomic mass is 9.83. The number of rotatable bonds is 6. The molecule has 1 atom stereocenters. The Morgan fingerprint density at radius 2 is 1.80 bits per heavy atom. The minimum atomic E-state index is -0.0550. The van der Waals surface area contributed by atoms with Crippen LogP contribution in [0.15, 0.2) is 48.2 Å². The predicted octanol–water partition coefficient (Wildman–Crippen LogP) is 4.10. The maximum absolute atomic E-state index is 5.76. The van der Waals surface area contributed by atoms with Crippen LogP contribution in [0.1, 0.15) is 32.3 Å². The van der Waals surface area contributed by atoms with Crippen LogP contribution in [0.3, 0.4) is 0 Å². The van der Waals surface area contributed by atoms with Crippen molar-refractivity contribution in [2.75, 3.05) is 20.7 Å². The van der Waals surface area contributed by atoms with Crippen LogP contribution in [0.4, 0.5) is 0 Å². The molecule has 1 aliphatic carbocycles. The van der Waals surface area contributed by atoms with Gasteiger partial charge in [0.2, 0.25) is 0 Å². The van der Waals surface area contributed by atoms with E-state index >= 15 is 0 Å². The Morgan fingerprint density at radius 1 is 1.10 bits per heavy atom. The van der Waals surface area contributed by atoms with E-state index < -0.39 is 0 Å². The first-order valence-corrected chi connectivity index (χ1v) is 7.44. The van der Waals surface area contributed by atoms with Gasteiger partial charge in [-0.3, -0.25) is 4.90 Å². The molecule has 0 bridgehead atoms. The fourth-order valence-corrected chi connectivity index (χ4v) is 3.00. The zero-order valence-electron chi connectivity index (χ0n) is 13.0. The zero-order chi connectivity index (χ0) is 14.6. The van der Waals surface area contributed by atoms with E-state index in [4.69, 9.17) is 4.74 Å². The molecular formula is C18H25NO. The Hall–Kier alpha value is -1.54. The van der Waals surface area contributed by atoms with Gasteiger partial charge in [0.25, 0.3) is 0 Å². The maximum atomic E-state index is 5.76. The van der Waals surface area contributed by atoms with E-state index in [1.54, 1.807) is 0 Å². The van der Waals surface area contributed by atoms with Crippen molar-refractivity contribution in [3.05, 3.63) is 53.8 Å². The molecule has 1 aliphatic rings. The van der Waals surface area contributed by atoms with Gasteiger partial charge in [0, 0.05) is 0 Å². The van der Waals surface area contributed by atoms with Gasteiger partial charge in [-0.15, -0.1) is 0 Å². The Morgan fingerprint density at radius 3 is 2.35 bits per heavy atom. The topological polar surface area (TPSA) is 12.5 Å². The van der Waals surface area contributed by atoms with Crippen LogP contribution in [0, 0.1) is 0 Å². The Balaban J connectivity index is 2.48. The fraction of sp³-hybridized carbons (Fsp3) is 0.444.